The lowest BCUT2D eigenvalue weighted by Gasteiger charge is -2.24. The molecule has 1 atom stereocenters. The van der Waals surface area contributed by atoms with E-state index >= 15 is 0 Å². The third kappa shape index (κ3) is 4.00. The average Bonchev–Trinajstić information content (AvgIpc) is 2.92. The van der Waals surface area contributed by atoms with Crippen molar-refractivity contribution in [3.8, 4) is 0 Å². The zero-order chi connectivity index (χ0) is 13.7. The summed E-state index contributed by atoms with van der Waals surface area (Å²) in [6, 6.07) is 4.89. The summed E-state index contributed by atoms with van der Waals surface area (Å²) in [7, 11) is 0. The number of halogens is 1. The number of likely N-dealkylation sites (N-methyl/N-ethyl adjacent to an activating group) is 1. The van der Waals surface area contributed by atoms with Crippen LogP contribution in [-0.2, 0) is 17.8 Å². The number of hydrogen-bond donors (Lipinski definition) is 1. The number of nitrogens with two attached hydrogens (primary N) is 1. The summed E-state index contributed by atoms with van der Waals surface area (Å²) in [5.74, 6) is -0.216. The van der Waals surface area contributed by atoms with Crippen LogP contribution in [-0.4, -0.2) is 30.7 Å². The minimum atomic E-state index is -0.216. The predicted octanol–water partition coefficient (Wildman–Crippen LogP) is 2.29. The van der Waals surface area contributed by atoms with Crippen molar-refractivity contribution in [3.05, 3.63) is 35.1 Å². The maximum Gasteiger partial charge on any atom is 0.123 e. The number of hydrogen-bond acceptors (Lipinski definition) is 3. The average molecular weight is 266 g/mol. The molecule has 1 aromatic carbocycles. The topological polar surface area (TPSA) is 38.5 Å². The van der Waals surface area contributed by atoms with Gasteiger partial charge in [-0.1, -0.05) is 13.0 Å². The fourth-order valence-corrected chi connectivity index (χ4v) is 2.56. The standard InChI is InChI=1S/C15H23FN2O/c1-2-18(11-15-4-3-7-19-15)10-12-5-6-14(16)8-13(12)9-17/h5-6,8,15H,2-4,7,9-11,17H2,1H3. The Morgan fingerprint density at radius 1 is 1.42 bits per heavy atom. The molecule has 3 nitrogen and oxygen atoms in total. The normalized spacial score (nSPS) is 19.3. The van der Waals surface area contributed by atoms with Gasteiger partial charge in [0.25, 0.3) is 0 Å². The Balaban J connectivity index is 2.00. The van der Waals surface area contributed by atoms with Gasteiger partial charge in [0, 0.05) is 26.2 Å². The van der Waals surface area contributed by atoms with E-state index in [1.54, 1.807) is 0 Å². The van der Waals surface area contributed by atoms with E-state index in [9.17, 15) is 4.39 Å². The summed E-state index contributed by atoms with van der Waals surface area (Å²) < 4.78 is 18.9. The summed E-state index contributed by atoms with van der Waals surface area (Å²) in [5.41, 5.74) is 7.70. The Kier molecular flexibility index (Phi) is 5.31. The lowest BCUT2D eigenvalue weighted by molar-refractivity contribution is 0.0724. The van der Waals surface area contributed by atoms with E-state index in [-0.39, 0.29) is 5.82 Å². The van der Waals surface area contributed by atoms with E-state index in [1.807, 2.05) is 6.07 Å². The van der Waals surface area contributed by atoms with E-state index in [4.69, 9.17) is 10.5 Å². The molecule has 1 heterocycles. The van der Waals surface area contributed by atoms with Gasteiger partial charge in [-0.25, -0.2) is 4.39 Å². The van der Waals surface area contributed by atoms with Gasteiger partial charge in [0.15, 0.2) is 0 Å². The molecule has 0 spiro atoms. The summed E-state index contributed by atoms with van der Waals surface area (Å²) in [4.78, 5) is 2.34. The second-order valence-corrected chi connectivity index (χ2v) is 5.08. The van der Waals surface area contributed by atoms with E-state index in [0.717, 1.165) is 50.2 Å². The third-order valence-electron chi connectivity index (χ3n) is 3.72. The highest BCUT2D eigenvalue weighted by molar-refractivity contribution is 5.27. The lowest BCUT2D eigenvalue weighted by Crippen LogP contribution is -2.32. The second-order valence-electron chi connectivity index (χ2n) is 5.08. The highest BCUT2D eigenvalue weighted by Crippen LogP contribution is 2.17. The fraction of sp³-hybridized carbons (Fsp3) is 0.600. The van der Waals surface area contributed by atoms with Crippen molar-refractivity contribution >= 4 is 0 Å². The van der Waals surface area contributed by atoms with Crippen LogP contribution in [0.1, 0.15) is 30.9 Å². The molecule has 2 rings (SSSR count). The Morgan fingerprint density at radius 3 is 2.89 bits per heavy atom. The van der Waals surface area contributed by atoms with Gasteiger partial charge in [-0.05, 0) is 42.6 Å². The van der Waals surface area contributed by atoms with Crippen LogP contribution in [0.2, 0.25) is 0 Å². The molecule has 1 aliphatic rings. The second kappa shape index (κ2) is 6.98. The minimum absolute atomic E-state index is 0.216. The van der Waals surface area contributed by atoms with Crippen molar-refractivity contribution in [3.63, 3.8) is 0 Å². The Hall–Kier alpha value is -0.970. The van der Waals surface area contributed by atoms with Gasteiger partial charge in [0.1, 0.15) is 5.82 Å². The SMILES string of the molecule is CCN(Cc1ccc(F)cc1CN)CC1CCCO1. The summed E-state index contributed by atoms with van der Waals surface area (Å²) in [5, 5.41) is 0. The molecule has 0 saturated carbocycles. The van der Waals surface area contributed by atoms with E-state index in [0.29, 0.717) is 12.6 Å². The molecule has 1 aromatic rings. The van der Waals surface area contributed by atoms with Crippen LogP contribution >= 0.6 is 0 Å². The van der Waals surface area contributed by atoms with Gasteiger partial charge in [-0.15, -0.1) is 0 Å². The van der Waals surface area contributed by atoms with Gasteiger partial charge in [0.05, 0.1) is 6.10 Å². The van der Waals surface area contributed by atoms with Crippen LogP contribution in [0.5, 0.6) is 0 Å². The number of nitrogens with zero attached hydrogens (tertiary/aromatic N) is 1. The molecular formula is C15H23FN2O. The van der Waals surface area contributed by atoms with Crippen LogP contribution in [0.25, 0.3) is 0 Å². The maximum absolute atomic E-state index is 13.2. The summed E-state index contributed by atoms with van der Waals surface area (Å²) in [6.07, 6.45) is 2.65. The molecule has 1 saturated heterocycles. The van der Waals surface area contributed by atoms with Crippen LogP contribution in [0, 0.1) is 5.82 Å². The van der Waals surface area contributed by atoms with Crippen molar-refractivity contribution in [1.82, 2.24) is 4.90 Å². The van der Waals surface area contributed by atoms with Crippen molar-refractivity contribution in [2.24, 2.45) is 5.73 Å². The van der Waals surface area contributed by atoms with E-state index < -0.39 is 0 Å². The van der Waals surface area contributed by atoms with Gasteiger partial charge in [-0.2, -0.15) is 0 Å². The molecular weight excluding hydrogens is 243 g/mol. The van der Waals surface area contributed by atoms with Crippen LogP contribution in [0.3, 0.4) is 0 Å². The first-order valence-electron chi connectivity index (χ1n) is 7.04. The zero-order valence-electron chi connectivity index (χ0n) is 11.6. The molecule has 0 amide bonds. The Labute approximate surface area is 114 Å². The highest BCUT2D eigenvalue weighted by atomic mass is 19.1. The highest BCUT2D eigenvalue weighted by Gasteiger charge is 2.19. The monoisotopic (exact) mass is 266 g/mol. The zero-order valence-corrected chi connectivity index (χ0v) is 11.6. The smallest absolute Gasteiger partial charge is 0.123 e. The fourth-order valence-electron chi connectivity index (χ4n) is 2.56. The molecule has 19 heavy (non-hydrogen) atoms. The van der Waals surface area contributed by atoms with Gasteiger partial charge in [-0.3, -0.25) is 4.90 Å². The molecule has 0 bridgehead atoms. The summed E-state index contributed by atoms with van der Waals surface area (Å²) in [6.45, 7) is 6.11. The molecule has 0 radical (unpaired) electrons. The Morgan fingerprint density at radius 2 is 2.26 bits per heavy atom. The molecule has 2 N–H and O–H groups in total. The molecule has 106 valence electrons. The quantitative estimate of drug-likeness (QED) is 0.858. The van der Waals surface area contributed by atoms with Crippen molar-refractivity contribution in [2.75, 3.05) is 19.7 Å². The molecule has 1 aliphatic heterocycles. The first kappa shape index (κ1) is 14.4. The molecule has 0 aromatic heterocycles. The maximum atomic E-state index is 13.2. The molecule has 0 aliphatic carbocycles. The largest absolute Gasteiger partial charge is 0.377 e. The molecule has 1 fully saturated rings. The summed E-state index contributed by atoms with van der Waals surface area (Å²) >= 11 is 0. The minimum Gasteiger partial charge on any atom is -0.377 e. The van der Waals surface area contributed by atoms with E-state index in [1.165, 1.54) is 12.1 Å². The van der Waals surface area contributed by atoms with Gasteiger partial charge in [0.2, 0.25) is 0 Å². The lowest BCUT2D eigenvalue weighted by atomic mass is 10.1. The number of rotatable bonds is 6. The van der Waals surface area contributed by atoms with Crippen LogP contribution in [0.15, 0.2) is 18.2 Å². The van der Waals surface area contributed by atoms with E-state index in [2.05, 4.69) is 11.8 Å². The first-order valence-corrected chi connectivity index (χ1v) is 7.04. The molecule has 1 unspecified atom stereocenters. The van der Waals surface area contributed by atoms with Crippen molar-refractivity contribution in [1.29, 1.82) is 0 Å². The third-order valence-corrected chi connectivity index (χ3v) is 3.72. The number of ether oxygens (including phenoxy) is 1. The predicted molar refractivity (Wildman–Crippen MR) is 74.2 cm³/mol. The van der Waals surface area contributed by atoms with Crippen LogP contribution in [0.4, 0.5) is 4.39 Å². The van der Waals surface area contributed by atoms with Crippen LogP contribution < -0.4 is 5.73 Å². The van der Waals surface area contributed by atoms with Crippen molar-refractivity contribution in [2.45, 2.75) is 39.0 Å². The first-order chi connectivity index (χ1) is 9.22. The van der Waals surface area contributed by atoms with Gasteiger partial charge >= 0.3 is 0 Å². The number of benzene rings is 1. The Bertz CT molecular complexity index is 405. The van der Waals surface area contributed by atoms with Gasteiger partial charge < -0.3 is 10.5 Å². The van der Waals surface area contributed by atoms with Crippen molar-refractivity contribution < 1.29 is 9.13 Å². The molecule has 4 heteroatoms.